The number of piperidine rings is 1. The molecule has 5 heterocycles. The van der Waals surface area contributed by atoms with Crippen LogP contribution in [0.3, 0.4) is 0 Å². The Morgan fingerprint density at radius 2 is 0.802 bits per heavy atom. The third kappa shape index (κ3) is 17.3. The third-order valence-electron chi connectivity index (χ3n) is 21.3. The Morgan fingerprint density at radius 3 is 1.26 bits per heavy atom. The van der Waals surface area contributed by atoms with Crippen LogP contribution in [0.1, 0.15) is 109 Å². The topological polar surface area (TPSA) is 123 Å². The summed E-state index contributed by atoms with van der Waals surface area (Å²) in [6.45, 7) is 12.2. The molecule has 3 aromatic heterocycles. The van der Waals surface area contributed by atoms with Crippen LogP contribution in [-0.2, 0) is 38.5 Å². The van der Waals surface area contributed by atoms with E-state index < -0.39 is 0 Å². The summed E-state index contributed by atoms with van der Waals surface area (Å²) >= 11 is 25.1. The van der Waals surface area contributed by atoms with Crippen molar-refractivity contribution in [2.45, 2.75) is 82.5 Å². The van der Waals surface area contributed by atoms with E-state index in [1.165, 1.54) is 83.4 Å². The van der Waals surface area contributed by atoms with E-state index in [0.717, 1.165) is 163 Å². The Kier molecular flexibility index (Phi) is 22.9. The van der Waals surface area contributed by atoms with E-state index in [-0.39, 0.29) is 23.6 Å². The Morgan fingerprint density at radius 1 is 0.406 bits per heavy atom. The average molecular weight is 1480 g/mol. The number of anilines is 5. The Hall–Kier alpha value is -9.41. The number of aromatic nitrogens is 6. The first-order valence-corrected chi connectivity index (χ1v) is 38.5. The molecule has 536 valence electrons. The van der Waals surface area contributed by atoms with E-state index in [1.54, 1.807) is 0 Å². The number of likely N-dealkylation sites (tertiary alicyclic amines) is 1. The molecule has 17 heteroatoms. The summed E-state index contributed by atoms with van der Waals surface area (Å²) in [5, 5.41) is 12.5. The predicted molar refractivity (Wildman–Crippen MR) is 433 cm³/mol. The number of fused-ring (bicyclic) bond motifs is 9. The standard InChI is InChI=1S/C31H31Cl2N5.C31H30Cl2N4.C27H24FN3/c1-37-14-16-38(17-15-37)13-12-21-6-9-24(10-7-21)35-31-34-20-23-18-27(22-8-11-28(32)29(33)19-22)25-4-2-3-5-26(25)30(23)36-31;32-28-13-10-22(19-29(28)33)27-18-23-20-34-31(36-30(23)26-7-3-2-6-25(26)27)35-24-11-8-21(9-12-24)14-17-37-15-4-1-5-16-37;1-18-6-8-19(9-7-18)14-15-29-27-30-17-21-16-25(20-10-12-22(28)13-11-20)23-4-2-3-5-24(23)26(21)31-27/h2-11,19-20,27H,12-18H2,1H3,(H,34,35,36);2-3,6-13,19-20,27H,1,4-5,14-18H2,(H,34,35,36);2-13,17,25H,14-16H2,1H3,(H,29,30,31)/t2*27-;/m00./s1. The summed E-state index contributed by atoms with van der Waals surface area (Å²) in [5.41, 5.74) is 24.1. The summed E-state index contributed by atoms with van der Waals surface area (Å²) < 4.78 is 13.4. The van der Waals surface area contributed by atoms with Gasteiger partial charge >= 0.3 is 0 Å². The minimum atomic E-state index is -0.210. The normalized spacial score (nSPS) is 16.6. The van der Waals surface area contributed by atoms with Crippen molar-refractivity contribution < 1.29 is 4.39 Å². The molecular weight excluding hydrogens is 1400 g/mol. The number of hydrogen-bond acceptors (Lipinski definition) is 12. The molecule has 2 saturated heterocycles. The van der Waals surface area contributed by atoms with Crippen LogP contribution >= 0.6 is 46.4 Å². The van der Waals surface area contributed by atoms with Gasteiger partial charge in [0, 0.05) is 110 Å². The van der Waals surface area contributed by atoms with Crippen LogP contribution in [-0.4, -0.2) is 111 Å². The molecule has 3 aliphatic carbocycles. The number of benzene rings is 9. The van der Waals surface area contributed by atoms with Gasteiger partial charge in [-0.3, -0.25) is 0 Å². The van der Waals surface area contributed by atoms with Gasteiger partial charge in [0.05, 0.1) is 37.2 Å². The van der Waals surface area contributed by atoms with E-state index in [9.17, 15) is 4.39 Å². The van der Waals surface area contributed by atoms with Crippen LogP contribution in [0.2, 0.25) is 20.1 Å². The van der Waals surface area contributed by atoms with Crippen LogP contribution in [0.4, 0.5) is 33.6 Å². The van der Waals surface area contributed by atoms with Gasteiger partial charge in [-0.1, -0.05) is 204 Å². The Balaban J connectivity index is 0.000000128. The fourth-order valence-electron chi connectivity index (χ4n) is 15.3. The molecule has 0 bridgehead atoms. The van der Waals surface area contributed by atoms with Gasteiger partial charge in [-0.15, -0.1) is 0 Å². The zero-order chi connectivity index (χ0) is 72.5. The van der Waals surface area contributed by atoms with Crippen LogP contribution in [0.15, 0.2) is 225 Å². The van der Waals surface area contributed by atoms with Gasteiger partial charge in [-0.25, -0.2) is 34.3 Å². The van der Waals surface area contributed by atoms with Gasteiger partial charge in [0.1, 0.15) is 5.82 Å². The van der Waals surface area contributed by atoms with Gasteiger partial charge in [-0.05, 0) is 206 Å². The van der Waals surface area contributed by atoms with Gasteiger partial charge in [0.15, 0.2) is 0 Å². The number of rotatable bonds is 17. The summed E-state index contributed by atoms with van der Waals surface area (Å²) in [4.78, 5) is 36.2. The van der Waals surface area contributed by atoms with Crippen LogP contribution in [0.5, 0.6) is 0 Å². The maximum Gasteiger partial charge on any atom is 0.227 e. The Labute approximate surface area is 641 Å². The molecule has 3 N–H and O–H groups in total. The lowest BCUT2D eigenvalue weighted by molar-refractivity contribution is 0.155. The van der Waals surface area contributed by atoms with Crippen LogP contribution < -0.4 is 16.0 Å². The van der Waals surface area contributed by atoms with Crippen LogP contribution in [0.25, 0.3) is 33.8 Å². The van der Waals surface area contributed by atoms with Gasteiger partial charge in [0.25, 0.3) is 0 Å². The largest absolute Gasteiger partial charge is 0.354 e. The second-order valence-electron chi connectivity index (χ2n) is 28.5. The number of hydrogen-bond donors (Lipinski definition) is 3. The van der Waals surface area contributed by atoms with Crippen molar-refractivity contribution in [3.05, 3.63) is 323 Å². The lowest BCUT2D eigenvalue weighted by Gasteiger charge is -2.32. The first-order chi connectivity index (χ1) is 51.8. The van der Waals surface area contributed by atoms with E-state index >= 15 is 0 Å². The molecule has 3 atom stereocenters. The Bertz CT molecular complexity index is 5030. The van der Waals surface area contributed by atoms with Crippen molar-refractivity contribution >= 4 is 75.6 Å². The molecule has 0 spiro atoms. The van der Waals surface area contributed by atoms with Crippen molar-refractivity contribution in [2.75, 3.05) is 81.9 Å². The second kappa shape index (κ2) is 33.6. The molecule has 1 unspecified atom stereocenters. The molecule has 12 nitrogen and oxygen atoms in total. The molecule has 12 aromatic rings. The molecule has 0 radical (unpaired) electrons. The highest BCUT2D eigenvalue weighted by molar-refractivity contribution is 6.42. The molecular formula is C89H85Cl4FN12. The highest BCUT2D eigenvalue weighted by atomic mass is 35.5. The van der Waals surface area contributed by atoms with Crippen LogP contribution in [0, 0.1) is 12.7 Å². The molecule has 0 amide bonds. The number of aryl methyl sites for hydroxylation is 1. The number of likely N-dealkylation sites (N-methyl/N-ethyl adjacent to an activating group) is 1. The van der Waals surface area contributed by atoms with Crippen molar-refractivity contribution in [3.63, 3.8) is 0 Å². The molecule has 9 aromatic carbocycles. The van der Waals surface area contributed by atoms with E-state index in [4.69, 9.17) is 61.4 Å². The van der Waals surface area contributed by atoms with Crippen molar-refractivity contribution in [1.29, 1.82) is 0 Å². The summed E-state index contributed by atoms with van der Waals surface area (Å²) in [5.74, 6) is 2.19. The van der Waals surface area contributed by atoms with Crippen molar-refractivity contribution in [1.82, 2.24) is 44.6 Å². The minimum Gasteiger partial charge on any atom is -0.354 e. The van der Waals surface area contributed by atoms with E-state index in [1.807, 2.05) is 61.1 Å². The molecule has 5 aliphatic rings. The highest BCUT2D eigenvalue weighted by Gasteiger charge is 2.31. The highest BCUT2D eigenvalue weighted by Crippen LogP contribution is 2.46. The van der Waals surface area contributed by atoms with E-state index in [2.05, 4.69) is 211 Å². The monoisotopic (exact) mass is 1480 g/mol. The first-order valence-electron chi connectivity index (χ1n) is 37.0. The maximum absolute atomic E-state index is 13.4. The molecule has 0 saturated carbocycles. The zero-order valence-corrected chi connectivity index (χ0v) is 62.8. The van der Waals surface area contributed by atoms with Crippen molar-refractivity contribution in [2.24, 2.45) is 0 Å². The van der Waals surface area contributed by atoms with E-state index in [0.29, 0.717) is 37.9 Å². The average Bonchev–Trinajstić information content (AvgIpc) is 0.771. The number of halogens is 5. The smallest absolute Gasteiger partial charge is 0.227 e. The quantitative estimate of drug-likeness (QED) is 0.0804. The number of nitrogens with one attached hydrogen (secondary N) is 3. The molecule has 17 rings (SSSR count). The lowest BCUT2D eigenvalue weighted by atomic mass is 9.78. The summed E-state index contributed by atoms with van der Waals surface area (Å²) in [7, 11) is 2.20. The third-order valence-corrected chi connectivity index (χ3v) is 22.8. The van der Waals surface area contributed by atoms with Gasteiger partial charge in [-0.2, -0.15) is 0 Å². The zero-order valence-electron chi connectivity index (χ0n) is 59.7. The van der Waals surface area contributed by atoms with Gasteiger partial charge < -0.3 is 30.7 Å². The van der Waals surface area contributed by atoms with Gasteiger partial charge in [0.2, 0.25) is 17.8 Å². The lowest BCUT2D eigenvalue weighted by Crippen LogP contribution is -2.45. The van der Waals surface area contributed by atoms with Crippen molar-refractivity contribution in [3.8, 4) is 33.8 Å². The summed E-state index contributed by atoms with van der Waals surface area (Å²) in [6.07, 6.45) is 15.4. The fraction of sp³-hybridized carbons (Fsp3) is 0.258. The fourth-order valence-corrected chi connectivity index (χ4v) is 15.9. The predicted octanol–water partition coefficient (Wildman–Crippen LogP) is 20.5. The second-order valence-corrected chi connectivity index (χ2v) is 30.1. The first kappa shape index (κ1) is 72.2. The molecule has 2 aliphatic heterocycles. The summed E-state index contributed by atoms with van der Waals surface area (Å²) in [6, 6.07) is 69.9. The molecule has 106 heavy (non-hydrogen) atoms. The maximum atomic E-state index is 13.4. The SMILES string of the molecule is CN1CCN(CCc2ccc(Nc3ncc4c(n3)-c3ccccc3[C@H](c3ccc(Cl)c(Cl)c3)C4)cc2)CC1.Cc1ccc(CCNc2ncc3c(n2)-c2ccccc2C(c2ccc(F)cc2)C3)cc1.Clc1ccc([C@@H]2Cc3cnc(Nc4ccc(CCN5CCCCC5)cc4)nc3-c3ccccc32)cc1Cl. The molecule has 2 fully saturated rings. The number of nitrogens with zero attached hydrogens (tertiary/aromatic N) is 9. The number of piperazine rings is 1. The minimum absolute atomic E-state index is 0.174.